The van der Waals surface area contributed by atoms with Crippen molar-refractivity contribution in [1.29, 1.82) is 0 Å². The number of imidazole rings is 1. The van der Waals surface area contributed by atoms with Crippen LogP contribution in [0.2, 0.25) is 0 Å². The molecule has 1 aromatic heterocycles. The number of ether oxygens (including phenoxy) is 1. The summed E-state index contributed by atoms with van der Waals surface area (Å²) < 4.78 is 5.53. The fourth-order valence-corrected chi connectivity index (χ4v) is 3.26. The molecule has 1 aliphatic heterocycles. The van der Waals surface area contributed by atoms with Crippen molar-refractivity contribution in [3.8, 4) is 0 Å². The Hall–Kier alpha value is -2.04. The van der Waals surface area contributed by atoms with Gasteiger partial charge in [0.1, 0.15) is 11.4 Å². The maximum Gasteiger partial charge on any atom is 0.410 e. The quantitative estimate of drug-likeness (QED) is 0.871. The van der Waals surface area contributed by atoms with Crippen LogP contribution in [0.25, 0.3) is 5.57 Å². The van der Waals surface area contributed by atoms with Gasteiger partial charge in [-0.1, -0.05) is 25.2 Å². The third-order valence-electron chi connectivity index (χ3n) is 4.37. The number of allylic oxidation sites excluding steroid dienone is 4. The molecule has 2 atom stereocenters. The summed E-state index contributed by atoms with van der Waals surface area (Å²) in [5.74, 6) is 1.39. The van der Waals surface area contributed by atoms with Gasteiger partial charge in [-0.05, 0) is 51.5 Å². The fourth-order valence-electron chi connectivity index (χ4n) is 3.26. The minimum atomic E-state index is -0.480. The van der Waals surface area contributed by atoms with E-state index in [-0.39, 0.29) is 12.1 Å². The second-order valence-electron chi connectivity index (χ2n) is 7.75. The third-order valence-corrected chi connectivity index (χ3v) is 4.37. The van der Waals surface area contributed by atoms with Crippen LogP contribution >= 0.6 is 0 Å². The number of amides is 1. The molecule has 1 aromatic rings. The molecule has 0 aromatic carbocycles. The number of aromatic nitrogens is 2. The lowest BCUT2D eigenvalue weighted by atomic mass is 9.97. The zero-order chi connectivity index (χ0) is 17.3. The summed E-state index contributed by atoms with van der Waals surface area (Å²) in [7, 11) is 0. The molecule has 0 saturated carbocycles. The molecule has 1 amide bonds. The summed E-state index contributed by atoms with van der Waals surface area (Å²) in [6.07, 6.45) is 11.2. The first-order valence-electron chi connectivity index (χ1n) is 8.77. The molecule has 2 heterocycles. The molecule has 5 nitrogen and oxygen atoms in total. The zero-order valence-corrected chi connectivity index (χ0v) is 15.0. The predicted octanol–water partition coefficient (Wildman–Crippen LogP) is 4.46. The maximum atomic E-state index is 12.4. The van der Waals surface area contributed by atoms with E-state index >= 15 is 0 Å². The average molecular weight is 329 g/mol. The number of hydrogen-bond acceptors (Lipinski definition) is 3. The van der Waals surface area contributed by atoms with Crippen LogP contribution in [0.3, 0.4) is 0 Å². The number of H-pyrrole nitrogens is 1. The zero-order valence-electron chi connectivity index (χ0n) is 15.0. The van der Waals surface area contributed by atoms with Crippen molar-refractivity contribution in [2.24, 2.45) is 5.92 Å². The van der Waals surface area contributed by atoms with Crippen LogP contribution in [-0.4, -0.2) is 33.1 Å². The standard InChI is InChI=1S/C19H27N3O2/c1-13-7-5-8-14(11-13)15-12-20-17(21-15)16-9-6-10-22(16)18(23)24-19(2,3)4/h5,8,11-13,16H,6-7,9-10H2,1-4H3,(H,20,21). The van der Waals surface area contributed by atoms with Crippen LogP contribution < -0.4 is 0 Å². The number of nitrogens with one attached hydrogen (secondary N) is 1. The van der Waals surface area contributed by atoms with E-state index in [1.807, 2.05) is 27.0 Å². The molecule has 0 spiro atoms. The smallest absolute Gasteiger partial charge is 0.410 e. The molecule has 1 N–H and O–H groups in total. The summed E-state index contributed by atoms with van der Waals surface area (Å²) in [4.78, 5) is 22.2. The van der Waals surface area contributed by atoms with Gasteiger partial charge in [0.25, 0.3) is 0 Å². The second-order valence-corrected chi connectivity index (χ2v) is 7.75. The Bertz CT molecular complexity index is 666. The van der Waals surface area contributed by atoms with Gasteiger partial charge in [-0.25, -0.2) is 9.78 Å². The molecule has 24 heavy (non-hydrogen) atoms. The SMILES string of the molecule is CC1C=C(c2cnc(C3CCCN3C(=O)OC(C)(C)C)[nH]2)C=CC1. The number of carbonyl (C=O) groups excluding carboxylic acids is 1. The van der Waals surface area contributed by atoms with E-state index in [1.165, 1.54) is 5.57 Å². The highest BCUT2D eigenvalue weighted by Crippen LogP contribution is 2.33. The third kappa shape index (κ3) is 3.71. The summed E-state index contributed by atoms with van der Waals surface area (Å²) in [6, 6.07) is -0.0285. The van der Waals surface area contributed by atoms with Crippen LogP contribution in [0.15, 0.2) is 24.4 Å². The van der Waals surface area contributed by atoms with Gasteiger partial charge in [-0.2, -0.15) is 0 Å². The Labute approximate surface area is 143 Å². The molecular weight excluding hydrogens is 302 g/mol. The van der Waals surface area contributed by atoms with E-state index in [1.54, 1.807) is 4.90 Å². The molecule has 1 fully saturated rings. The van der Waals surface area contributed by atoms with Crippen molar-refractivity contribution >= 4 is 11.7 Å². The lowest BCUT2D eigenvalue weighted by Gasteiger charge is -2.27. The van der Waals surface area contributed by atoms with E-state index in [0.29, 0.717) is 5.92 Å². The van der Waals surface area contributed by atoms with Crippen LogP contribution in [-0.2, 0) is 4.74 Å². The van der Waals surface area contributed by atoms with Crippen molar-refractivity contribution in [3.05, 3.63) is 35.9 Å². The van der Waals surface area contributed by atoms with Crippen LogP contribution in [0, 0.1) is 5.92 Å². The van der Waals surface area contributed by atoms with Gasteiger partial charge in [0.2, 0.25) is 0 Å². The maximum absolute atomic E-state index is 12.4. The molecule has 1 saturated heterocycles. The molecule has 1 aliphatic carbocycles. The number of likely N-dealkylation sites (tertiary alicyclic amines) is 1. The number of hydrogen-bond donors (Lipinski definition) is 1. The monoisotopic (exact) mass is 329 g/mol. The molecule has 3 rings (SSSR count). The molecular formula is C19H27N3O2. The Morgan fingerprint density at radius 2 is 2.21 bits per heavy atom. The van der Waals surface area contributed by atoms with Crippen LogP contribution in [0.1, 0.15) is 64.5 Å². The Balaban J connectivity index is 1.76. The predicted molar refractivity (Wildman–Crippen MR) is 94.4 cm³/mol. The molecule has 5 heteroatoms. The topological polar surface area (TPSA) is 58.2 Å². The number of rotatable bonds is 2. The van der Waals surface area contributed by atoms with Crippen molar-refractivity contribution in [3.63, 3.8) is 0 Å². The number of carbonyl (C=O) groups is 1. The van der Waals surface area contributed by atoms with Crippen LogP contribution in [0.4, 0.5) is 4.79 Å². The van der Waals surface area contributed by atoms with Gasteiger partial charge >= 0.3 is 6.09 Å². The van der Waals surface area contributed by atoms with Crippen molar-refractivity contribution in [2.45, 2.75) is 58.6 Å². The molecule has 0 bridgehead atoms. The Morgan fingerprint density at radius 1 is 1.42 bits per heavy atom. The van der Waals surface area contributed by atoms with Gasteiger partial charge in [-0.15, -0.1) is 0 Å². The van der Waals surface area contributed by atoms with E-state index in [2.05, 4.69) is 35.1 Å². The lowest BCUT2D eigenvalue weighted by molar-refractivity contribution is 0.0218. The van der Waals surface area contributed by atoms with E-state index in [9.17, 15) is 4.79 Å². The first-order valence-corrected chi connectivity index (χ1v) is 8.77. The van der Waals surface area contributed by atoms with Gasteiger partial charge in [0.05, 0.1) is 17.9 Å². The minimum absolute atomic E-state index is 0.0285. The van der Waals surface area contributed by atoms with E-state index < -0.39 is 5.60 Å². The van der Waals surface area contributed by atoms with Gasteiger partial charge in [0, 0.05) is 6.54 Å². The number of nitrogens with zero attached hydrogens (tertiary/aromatic N) is 2. The van der Waals surface area contributed by atoms with Crippen molar-refractivity contribution < 1.29 is 9.53 Å². The van der Waals surface area contributed by atoms with Crippen molar-refractivity contribution in [2.75, 3.05) is 6.54 Å². The summed E-state index contributed by atoms with van der Waals surface area (Å²) in [5, 5.41) is 0. The van der Waals surface area contributed by atoms with Gasteiger partial charge in [-0.3, -0.25) is 4.90 Å². The number of aromatic amines is 1. The fraction of sp³-hybridized carbons (Fsp3) is 0.579. The first-order chi connectivity index (χ1) is 11.3. The second kappa shape index (κ2) is 6.46. The molecule has 2 unspecified atom stereocenters. The largest absolute Gasteiger partial charge is 0.444 e. The normalized spacial score (nSPS) is 24.2. The highest BCUT2D eigenvalue weighted by molar-refractivity contribution is 5.73. The van der Waals surface area contributed by atoms with Crippen molar-refractivity contribution in [1.82, 2.24) is 14.9 Å². The van der Waals surface area contributed by atoms with Gasteiger partial charge in [0.15, 0.2) is 0 Å². The summed E-state index contributed by atoms with van der Waals surface area (Å²) >= 11 is 0. The Kier molecular flexibility index (Phi) is 4.52. The Morgan fingerprint density at radius 3 is 2.92 bits per heavy atom. The lowest BCUT2D eigenvalue weighted by Crippen LogP contribution is -2.36. The highest BCUT2D eigenvalue weighted by atomic mass is 16.6. The molecule has 2 aliphatic rings. The van der Waals surface area contributed by atoms with E-state index in [0.717, 1.165) is 37.3 Å². The average Bonchev–Trinajstić information content (AvgIpc) is 3.14. The summed E-state index contributed by atoms with van der Waals surface area (Å²) in [5.41, 5.74) is 1.71. The van der Waals surface area contributed by atoms with Crippen LogP contribution in [0.5, 0.6) is 0 Å². The highest BCUT2D eigenvalue weighted by Gasteiger charge is 2.34. The molecule has 130 valence electrons. The minimum Gasteiger partial charge on any atom is -0.444 e. The first kappa shape index (κ1) is 16.8. The summed E-state index contributed by atoms with van der Waals surface area (Å²) in [6.45, 7) is 8.61. The van der Waals surface area contributed by atoms with E-state index in [4.69, 9.17) is 4.74 Å². The van der Waals surface area contributed by atoms with Gasteiger partial charge < -0.3 is 9.72 Å². The molecule has 0 radical (unpaired) electrons.